The van der Waals surface area contributed by atoms with Crippen LogP contribution in [0.1, 0.15) is 68.6 Å². The predicted molar refractivity (Wildman–Crippen MR) is 91.1 cm³/mol. The minimum Gasteiger partial charge on any atom is -0.385 e. The molecular weight excluding hydrogens is 284 g/mol. The highest BCUT2D eigenvalue weighted by Crippen LogP contribution is 2.20. The Morgan fingerprint density at radius 3 is 2.33 bits per heavy atom. The number of halogens is 1. The summed E-state index contributed by atoms with van der Waals surface area (Å²) in [5.74, 6) is -0.490. The van der Waals surface area contributed by atoms with Gasteiger partial charge in [0.1, 0.15) is 0 Å². The maximum absolute atomic E-state index is 11.2. The molecule has 0 fully saturated rings. The number of rotatable bonds is 11. The van der Waals surface area contributed by atoms with Crippen LogP contribution in [0.25, 0.3) is 0 Å². The van der Waals surface area contributed by atoms with Crippen molar-refractivity contribution >= 4 is 23.2 Å². The van der Waals surface area contributed by atoms with E-state index in [1.54, 1.807) is 12.1 Å². The number of nitrogens with two attached hydrogens (primary N) is 1. The first-order chi connectivity index (χ1) is 10.1. The molecule has 0 spiro atoms. The van der Waals surface area contributed by atoms with Gasteiger partial charge >= 0.3 is 0 Å². The Bertz CT molecular complexity index is 435. The molecule has 0 saturated carbocycles. The van der Waals surface area contributed by atoms with Crippen molar-refractivity contribution in [2.75, 3.05) is 11.9 Å². The van der Waals surface area contributed by atoms with Gasteiger partial charge in [0.2, 0.25) is 5.91 Å². The van der Waals surface area contributed by atoms with Crippen molar-refractivity contribution in [3.8, 4) is 0 Å². The van der Waals surface area contributed by atoms with E-state index in [-0.39, 0.29) is 0 Å². The molecule has 1 rings (SSSR count). The summed E-state index contributed by atoms with van der Waals surface area (Å²) in [7, 11) is 0. The summed E-state index contributed by atoms with van der Waals surface area (Å²) in [4.78, 5) is 11.2. The zero-order valence-electron chi connectivity index (χ0n) is 13.0. The molecule has 1 aromatic rings. The molecule has 0 atom stereocenters. The molecule has 0 aliphatic heterocycles. The molecule has 0 unspecified atom stereocenters. The van der Waals surface area contributed by atoms with Gasteiger partial charge in [-0.2, -0.15) is 0 Å². The number of benzene rings is 1. The average Bonchev–Trinajstić information content (AvgIpc) is 2.47. The number of amides is 1. The first-order valence-corrected chi connectivity index (χ1v) is 8.36. The van der Waals surface area contributed by atoms with Crippen LogP contribution in [0.3, 0.4) is 0 Å². The number of anilines is 1. The van der Waals surface area contributed by atoms with Crippen LogP contribution in [0.4, 0.5) is 5.69 Å². The third-order valence-electron chi connectivity index (χ3n) is 3.59. The van der Waals surface area contributed by atoms with E-state index in [0.717, 1.165) is 18.7 Å². The normalized spacial score (nSPS) is 10.6. The summed E-state index contributed by atoms with van der Waals surface area (Å²) >= 11 is 5.92. The SMILES string of the molecule is CCCCCCCCCCNc1ccc(Cl)c(C(N)=O)c1. The lowest BCUT2D eigenvalue weighted by Gasteiger charge is -2.08. The number of hydrogen-bond donors (Lipinski definition) is 2. The Hall–Kier alpha value is -1.22. The van der Waals surface area contributed by atoms with Gasteiger partial charge in [-0.1, -0.05) is 63.5 Å². The quantitative estimate of drug-likeness (QED) is 0.566. The fourth-order valence-electron chi connectivity index (χ4n) is 2.32. The van der Waals surface area contributed by atoms with E-state index in [4.69, 9.17) is 17.3 Å². The minimum atomic E-state index is -0.490. The number of carbonyl (C=O) groups excluding carboxylic acids is 1. The zero-order chi connectivity index (χ0) is 15.5. The molecule has 0 bridgehead atoms. The van der Waals surface area contributed by atoms with E-state index in [1.807, 2.05) is 6.07 Å². The number of primary amides is 1. The van der Waals surface area contributed by atoms with Gasteiger partial charge in [0.15, 0.2) is 0 Å². The Morgan fingerprint density at radius 2 is 1.71 bits per heavy atom. The third kappa shape index (κ3) is 7.37. The lowest BCUT2D eigenvalue weighted by Crippen LogP contribution is -2.12. The monoisotopic (exact) mass is 310 g/mol. The second kappa shape index (κ2) is 10.5. The Kier molecular flexibility index (Phi) is 8.91. The number of hydrogen-bond acceptors (Lipinski definition) is 2. The molecule has 3 N–H and O–H groups in total. The molecule has 0 saturated heterocycles. The maximum Gasteiger partial charge on any atom is 0.250 e. The van der Waals surface area contributed by atoms with Crippen molar-refractivity contribution in [3.63, 3.8) is 0 Å². The predicted octanol–water partition coefficient (Wildman–Crippen LogP) is 4.99. The van der Waals surface area contributed by atoms with Gasteiger partial charge in [-0.25, -0.2) is 0 Å². The molecule has 0 aliphatic rings. The molecule has 3 nitrogen and oxygen atoms in total. The fourth-order valence-corrected chi connectivity index (χ4v) is 2.53. The largest absolute Gasteiger partial charge is 0.385 e. The van der Waals surface area contributed by atoms with Crippen LogP contribution in [0, 0.1) is 0 Å². The van der Waals surface area contributed by atoms with Gasteiger partial charge in [-0.3, -0.25) is 4.79 Å². The van der Waals surface area contributed by atoms with Gasteiger partial charge in [-0.05, 0) is 24.6 Å². The lowest BCUT2D eigenvalue weighted by atomic mass is 10.1. The van der Waals surface area contributed by atoms with Gasteiger partial charge in [0.05, 0.1) is 10.6 Å². The van der Waals surface area contributed by atoms with Crippen molar-refractivity contribution in [3.05, 3.63) is 28.8 Å². The maximum atomic E-state index is 11.2. The topological polar surface area (TPSA) is 55.1 Å². The van der Waals surface area contributed by atoms with E-state index < -0.39 is 5.91 Å². The summed E-state index contributed by atoms with van der Waals surface area (Å²) in [5.41, 5.74) is 6.55. The molecule has 1 aromatic carbocycles. The molecule has 0 heterocycles. The van der Waals surface area contributed by atoms with Crippen LogP contribution in [0.2, 0.25) is 5.02 Å². The number of carbonyl (C=O) groups is 1. The van der Waals surface area contributed by atoms with Gasteiger partial charge in [0, 0.05) is 12.2 Å². The van der Waals surface area contributed by atoms with Crippen molar-refractivity contribution in [1.29, 1.82) is 0 Å². The van der Waals surface area contributed by atoms with Crippen LogP contribution >= 0.6 is 11.6 Å². The highest BCUT2D eigenvalue weighted by Gasteiger charge is 2.07. The molecule has 0 aromatic heterocycles. The van der Waals surface area contributed by atoms with Crippen LogP contribution < -0.4 is 11.1 Å². The molecule has 21 heavy (non-hydrogen) atoms. The first-order valence-electron chi connectivity index (χ1n) is 7.98. The second-order valence-electron chi connectivity index (χ2n) is 5.46. The molecule has 4 heteroatoms. The highest BCUT2D eigenvalue weighted by atomic mass is 35.5. The van der Waals surface area contributed by atoms with E-state index in [0.29, 0.717) is 10.6 Å². The average molecular weight is 311 g/mol. The van der Waals surface area contributed by atoms with E-state index >= 15 is 0 Å². The molecular formula is C17H27ClN2O. The molecule has 118 valence electrons. The summed E-state index contributed by atoms with van der Waals surface area (Å²) < 4.78 is 0. The Balaban J connectivity index is 2.16. The van der Waals surface area contributed by atoms with Crippen LogP contribution in [-0.2, 0) is 0 Å². The van der Waals surface area contributed by atoms with Crippen LogP contribution in [0.15, 0.2) is 18.2 Å². The van der Waals surface area contributed by atoms with E-state index in [1.165, 1.54) is 44.9 Å². The van der Waals surface area contributed by atoms with Crippen molar-refractivity contribution in [1.82, 2.24) is 0 Å². The Labute approximate surface area is 133 Å². The standard InChI is InChI=1S/C17H27ClN2O/c1-2-3-4-5-6-7-8-9-12-20-14-10-11-16(18)15(13-14)17(19)21/h10-11,13,20H,2-9,12H2,1H3,(H2,19,21). The van der Waals surface area contributed by atoms with Crippen molar-refractivity contribution in [2.24, 2.45) is 5.73 Å². The number of unbranched alkanes of at least 4 members (excludes halogenated alkanes) is 7. The minimum absolute atomic E-state index is 0.373. The highest BCUT2D eigenvalue weighted by molar-refractivity contribution is 6.33. The summed E-state index contributed by atoms with van der Waals surface area (Å²) in [6, 6.07) is 5.30. The van der Waals surface area contributed by atoms with Crippen molar-refractivity contribution in [2.45, 2.75) is 58.3 Å². The van der Waals surface area contributed by atoms with Crippen LogP contribution in [-0.4, -0.2) is 12.5 Å². The summed E-state index contributed by atoms with van der Waals surface area (Å²) in [6.45, 7) is 3.15. The second-order valence-corrected chi connectivity index (χ2v) is 5.87. The Morgan fingerprint density at radius 1 is 1.10 bits per heavy atom. The molecule has 0 radical (unpaired) electrons. The fraction of sp³-hybridized carbons (Fsp3) is 0.588. The van der Waals surface area contributed by atoms with Crippen LogP contribution in [0.5, 0.6) is 0 Å². The van der Waals surface area contributed by atoms with Gasteiger partial charge < -0.3 is 11.1 Å². The lowest BCUT2D eigenvalue weighted by molar-refractivity contribution is 0.100. The van der Waals surface area contributed by atoms with E-state index in [2.05, 4.69) is 12.2 Å². The smallest absolute Gasteiger partial charge is 0.250 e. The third-order valence-corrected chi connectivity index (χ3v) is 3.92. The van der Waals surface area contributed by atoms with Gasteiger partial charge in [-0.15, -0.1) is 0 Å². The van der Waals surface area contributed by atoms with Gasteiger partial charge in [0.25, 0.3) is 0 Å². The summed E-state index contributed by atoms with van der Waals surface area (Å²) in [5, 5.41) is 3.71. The summed E-state index contributed by atoms with van der Waals surface area (Å²) in [6.07, 6.45) is 10.4. The first kappa shape index (κ1) is 17.8. The molecule has 1 amide bonds. The molecule has 0 aliphatic carbocycles. The van der Waals surface area contributed by atoms with E-state index in [9.17, 15) is 4.79 Å². The number of nitrogens with one attached hydrogen (secondary N) is 1. The van der Waals surface area contributed by atoms with Crippen molar-refractivity contribution < 1.29 is 4.79 Å². The zero-order valence-corrected chi connectivity index (χ0v) is 13.7.